The van der Waals surface area contributed by atoms with Crippen LogP contribution in [0.15, 0.2) is 36.4 Å². The maximum absolute atomic E-state index is 13.7. The Morgan fingerprint density at radius 1 is 1.04 bits per heavy atom. The highest BCUT2D eigenvalue weighted by molar-refractivity contribution is 7.91. The van der Waals surface area contributed by atoms with Gasteiger partial charge in [0.2, 0.25) is 11.8 Å². The fraction of sp³-hybridized carbons (Fsp3) is 0.613. The predicted molar refractivity (Wildman–Crippen MR) is 171 cm³/mol. The largest absolute Gasteiger partial charge is 0.444 e. The minimum atomic E-state index is -4.32. The molecule has 13 nitrogen and oxygen atoms in total. The van der Waals surface area contributed by atoms with Gasteiger partial charge >= 0.3 is 16.3 Å². The van der Waals surface area contributed by atoms with Gasteiger partial charge in [-0.1, -0.05) is 25.0 Å². The molecule has 14 heteroatoms. The Morgan fingerprint density at radius 3 is 2.42 bits per heavy atom. The molecule has 1 aromatic rings. The lowest BCUT2D eigenvalue weighted by atomic mass is 10.0. The maximum Gasteiger partial charge on any atom is 0.408 e. The summed E-state index contributed by atoms with van der Waals surface area (Å²) in [5.41, 5.74) is -1.09. The van der Waals surface area contributed by atoms with E-state index in [9.17, 15) is 27.6 Å². The van der Waals surface area contributed by atoms with Crippen LogP contribution < -0.4 is 25.0 Å². The highest BCUT2D eigenvalue weighted by atomic mass is 32.2. The summed E-state index contributed by atoms with van der Waals surface area (Å²) in [5.74, 6) is -2.19. The van der Waals surface area contributed by atoms with E-state index < -0.39 is 57.3 Å². The number of carbonyl (C=O) groups is 4. The number of anilines is 2. The Hall–Kier alpha value is -3.81. The molecular formula is C31H46N6O7S. The number of hydrogen-bond donors (Lipinski definition) is 4. The second-order valence-electron chi connectivity index (χ2n) is 13.2. The number of nitrogens with one attached hydrogen (secondary N) is 4. The zero-order chi connectivity index (χ0) is 33.0. The molecule has 2 aliphatic heterocycles. The van der Waals surface area contributed by atoms with Crippen LogP contribution in [0.3, 0.4) is 0 Å². The number of allylic oxidation sites excluding steroid dienone is 1. The van der Waals surface area contributed by atoms with Gasteiger partial charge in [-0.25, -0.2) is 9.52 Å². The van der Waals surface area contributed by atoms with Crippen molar-refractivity contribution in [1.82, 2.24) is 20.3 Å². The minimum absolute atomic E-state index is 0.220. The standard InChI is InChI=1S/C31H46N6O7S/c1-30(2,3)44-29(41)32-24-13-10-8-6-7-9-12-21-20-31(21,33-26(38)25-14-11-19-37(25)27(24)39)28(40)35-45(42,43)34-22-15-17-23(18-16-22)36(4)5/h9,12,15-18,21,24-25,34H,6-8,10-11,13-14,19-20H2,1-5H3,(H,32,41)(H,33,38)(H,35,40)/t21-,24+,25+,31-/m1/s1. The quantitative estimate of drug-likeness (QED) is 0.343. The van der Waals surface area contributed by atoms with Crippen LogP contribution in [0, 0.1) is 5.92 Å². The molecule has 4 atom stereocenters. The van der Waals surface area contributed by atoms with E-state index >= 15 is 0 Å². The van der Waals surface area contributed by atoms with Gasteiger partial charge in [0.15, 0.2) is 0 Å². The van der Waals surface area contributed by atoms with Crippen molar-refractivity contribution in [1.29, 1.82) is 0 Å². The first kappa shape index (κ1) is 34.1. The number of hydrogen-bond acceptors (Lipinski definition) is 8. The highest BCUT2D eigenvalue weighted by Crippen LogP contribution is 2.45. The normalized spacial score (nSPS) is 25.9. The third kappa shape index (κ3) is 8.89. The molecule has 0 bridgehead atoms. The molecule has 1 aromatic carbocycles. The molecule has 4 N–H and O–H groups in total. The number of rotatable bonds is 6. The van der Waals surface area contributed by atoms with Gasteiger partial charge in [-0.05, 0) is 83.6 Å². The van der Waals surface area contributed by atoms with Crippen molar-refractivity contribution in [2.75, 3.05) is 30.3 Å². The van der Waals surface area contributed by atoms with Crippen molar-refractivity contribution in [3.05, 3.63) is 36.4 Å². The average molecular weight is 647 g/mol. The number of fused-ring (bicyclic) bond motifs is 2. The summed E-state index contributed by atoms with van der Waals surface area (Å²) >= 11 is 0. The Kier molecular flexibility index (Phi) is 10.4. The van der Waals surface area contributed by atoms with Gasteiger partial charge in [-0.2, -0.15) is 8.42 Å². The number of nitrogens with zero attached hydrogens (tertiary/aromatic N) is 2. The molecule has 248 valence electrons. The Balaban J connectivity index is 1.52. The van der Waals surface area contributed by atoms with Crippen LogP contribution in [-0.2, 0) is 29.3 Å². The van der Waals surface area contributed by atoms with Gasteiger partial charge in [-0.15, -0.1) is 0 Å². The van der Waals surface area contributed by atoms with E-state index in [-0.39, 0.29) is 18.0 Å². The minimum Gasteiger partial charge on any atom is -0.444 e. The first-order valence-electron chi connectivity index (χ1n) is 15.5. The molecule has 0 aromatic heterocycles. The van der Waals surface area contributed by atoms with E-state index in [0.29, 0.717) is 38.6 Å². The van der Waals surface area contributed by atoms with Gasteiger partial charge in [0.05, 0.1) is 5.69 Å². The van der Waals surface area contributed by atoms with Crippen molar-refractivity contribution in [2.45, 2.75) is 95.4 Å². The summed E-state index contributed by atoms with van der Waals surface area (Å²) in [5, 5.41) is 5.52. The zero-order valence-corrected chi connectivity index (χ0v) is 27.5. The number of benzene rings is 1. The first-order chi connectivity index (χ1) is 21.1. The molecular weight excluding hydrogens is 600 g/mol. The lowest BCUT2D eigenvalue weighted by Crippen LogP contribution is -2.58. The molecule has 0 unspecified atom stereocenters. The maximum atomic E-state index is 13.7. The summed E-state index contributed by atoms with van der Waals surface area (Å²) in [4.78, 5) is 56.9. The number of ether oxygens (including phenoxy) is 1. The zero-order valence-electron chi connectivity index (χ0n) is 26.7. The van der Waals surface area contributed by atoms with Crippen LogP contribution >= 0.6 is 0 Å². The first-order valence-corrected chi connectivity index (χ1v) is 17.0. The molecule has 4 amide bonds. The van der Waals surface area contributed by atoms with E-state index in [4.69, 9.17) is 4.74 Å². The molecule has 1 aliphatic carbocycles. The molecule has 0 spiro atoms. The van der Waals surface area contributed by atoms with E-state index in [1.165, 1.54) is 4.90 Å². The smallest absolute Gasteiger partial charge is 0.408 e. The van der Waals surface area contributed by atoms with Crippen molar-refractivity contribution >= 4 is 45.4 Å². The second-order valence-corrected chi connectivity index (χ2v) is 14.6. The summed E-state index contributed by atoms with van der Waals surface area (Å²) in [6.45, 7) is 5.53. The van der Waals surface area contributed by atoms with Gasteiger partial charge < -0.3 is 25.2 Å². The molecule has 2 heterocycles. The van der Waals surface area contributed by atoms with Crippen molar-refractivity contribution < 1.29 is 32.3 Å². The third-order valence-corrected chi connectivity index (χ3v) is 9.15. The summed E-state index contributed by atoms with van der Waals surface area (Å²) in [6.07, 6.45) is 7.65. The topological polar surface area (TPSA) is 166 Å². The molecule has 1 saturated heterocycles. The van der Waals surface area contributed by atoms with Gasteiger partial charge in [-0.3, -0.25) is 19.1 Å². The van der Waals surface area contributed by atoms with Crippen LogP contribution in [0.4, 0.5) is 16.2 Å². The van der Waals surface area contributed by atoms with Crippen LogP contribution in [0.5, 0.6) is 0 Å². The van der Waals surface area contributed by atoms with E-state index in [1.807, 2.05) is 31.1 Å². The van der Waals surface area contributed by atoms with Gasteiger partial charge in [0.25, 0.3) is 5.91 Å². The lowest BCUT2D eigenvalue weighted by molar-refractivity contribution is -0.141. The highest BCUT2D eigenvalue weighted by Gasteiger charge is 2.61. The number of carbonyl (C=O) groups excluding carboxylic acids is 4. The van der Waals surface area contributed by atoms with Crippen molar-refractivity contribution in [3.8, 4) is 0 Å². The second kappa shape index (κ2) is 13.7. The number of alkyl carbamates (subject to hydrolysis) is 1. The van der Waals surface area contributed by atoms with Gasteiger partial charge in [0.1, 0.15) is 23.2 Å². The van der Waals surface area contributed by atoms with E-state index in [2.05, 4.69) is 20.1 Å². The van der Waals surface area contributed by atoms with Crippen LogP contribution in [0.2, 0.25) is 0 Å². The Labute approximate surface area is 265 Å². The number of amides is 4. The molecule has 3 aliphatic rings. The van der Waals surface area contributed by atoms with Gasteiger partial charge in [0, 0.05) is 32.2 Å². The Morgan fingerprint density at radius 2 is 1.76 bits per heavy atom. The van der Waals surface area contributed by atoms with Crippen LogP contribution in [-0.4, -0.2) is 81.0 Å². The summed E-state index contributed by atoms with van der Waals surface area (Å²) in [7, 11) is -0.600. The lowest BCUT2D eigenvalue weighted by Gasteiger charge is -2.30. The van der Waals surface area contributed by atoms with E-state index in [0.717, 1.165) is 18.5 Å². The molecule has 1 saturated carbocycles. The van der Waals surface area contributed by atoms with Crippen molar-refractivity contribution in [3.63, 3.8) is 0 Å². The van der Waals surface area contributed by atoms with E-state index in [1.54, 1.807) is 45.0 Å². The molecule has 0 radical (unpaired) electrons. The SMILES string of the molecule is CN(C)c1ccc(NS(=O)(=O)NC(=O)[C@@]23C[C@H]2C=CCCCCC[C@H](NC(=O)OC(C)(C)C)C(=O)N2CCC[C@H]2C(=O)N3)cc1. The van der Waals surface area contributed by atoms with Crippen LogP contribution in [0.25, 0.3) is 0 Å². The monoisotopic (exact) mass is 646 g/mol. The fourth-order valence-corrected chi connectivity index (χ4v) is 6.69. The molecule has 4 rings (SSSR count). The predicted octanol–water partition coefficient (Wildman–Crippen LogP) is 2.81. The fourth-order valence-electron chi connectivity index (χ4n) is 5.76. The summed E-state index contributed by atoms with van der Waals surface area (Å²) < 4.78 is 35.8. The Bertz CT molecular complexity index is 1410. The summed E-state index contributed by atoms with van der Waals surface area (Å²) in [6, 6.07) is 4.91. The third-order valence-electron chi connectivity index (χ3n) is 8.19. The molecule has 2 fully saturated rings. The molecule has 45 heavy (non-hydrogen) atoms. The van der Waals surface area contributed by atoms with Crippen molar-refractivity contribution in [2.24, 2.45) is 5.92 Å². The van der Waals surface area contributed by atoms with Crippen LogP contribution in [0.1, 0.15) is 72.1 Å². The average Bonchev–Trinajstić information content (AvgIpc) is 3.39.